The summed E-state index contributed by atoms with van der Waals surface area (Å²) in [5, 5.41) is 3.83. The number of fused-ring (bicyclic) bond motifs is 2. The summed E-state index contributed by atoms with van der Waals surface area (Å²) in [6.07, 6.45) is 4.31. The predicted octanol–water partition coefficient (Wildman–Crippen LogP) is 7.26. The van der Waals surface area contributed by atoms with Gasteiger partial charge in [0.1, 0.15) is 11.6 Å². The van der Waals surface area contributed by atoms with Gasteiger partial charge in [-0.2, -0.15) is 0 Å². The van der Waals surface area contributed by atoms with Crippen LogP contribution in [0.3, 0.4) is 0 Å². The molecular weight excluding hydrogens is 556 g/mol. The Morgan fingerprint density at radius 1 is 1.05 bits per heavy atom. The van der Waals surface area contributed by atoms with Gasteiger partial charge in [-0.1, -0.05) is 30.7 Å². The van der Waals surface area contributed by atoms with Crippen LogP contribution in [-0.4, -0.2) is 52.3 Å². The van der Waals surface area contributed by atoms with Crippen molar-refractivity contribution in [3.63, 3.8) is 0 Å². The zero-order valence-corrected chi connectivity index (χ0v) is 26.4. The molecular formula is C34H44ClF2N3O2. The van der Waals surface area contributed by atoms with Crippen LogP contribution in [0.4, 0.5) is 8.78 Å². The Morgan fingerprint density at radius 3 is 2.29 bits per heavy atom. The highest BCUT2D eigenvalue weighted by Gasteiger charge is 2.50. The predicted molar refractivity (Wildman–Crippen MR) is 163 cm³/mol. The lowest BCUT2D eigenvalue weighted by Crippen LogP contribution is -2.50. The Hall–Kier alpha value is -2.51. The number of halogens is 3. The van der Waals surface area contributed by atoms with Crippen LogP contribution in [0.25, 0.3) is 0 Å². The van der Waals surface area contributed by atoms with Gasteiger partial charge in [0, 0.05) is 54.6 Å². The topological polar surface area (TPSA) is 52.7 Å². The van der Waals surface area contributed by atoms with Crippen molar-refractivity contribution in [2.75, 3.05) is 13.1 Å². The van der Waals surface area contributed by atoms with Gasteiger partial charge in [-0.15, -0.1) is 0 Å². The molecule has 3 saturated heterocycles. The maximum absolute atomic E-state index is 15.1. The smallest absolute Gasteiger partial charge is 0.228 e. The van der Waals surface area contributed by atoms with Gasteiger partial charge in [0.25, 0.3) is 0 Å². The van der Waals surface area contributed by atoms with Crippen LogP contribution in [0.1, 0.15) is 107 Å². The van der Waals surface area contributed by atoms with Crippen molar-refractivity contribution in [1.82, 2.24) is 15.1 Å². The number of amides is 2. The van der Waals surface area contributed by atoms with E-state index in [1.165, 1.54) is 17.7 Å². The van der Waals surface area contributed by atoms with E-state index in [2.05, 4.69) is 54.9 Å². The van der Waals surface area contributed by atoms with Crippen molar-refractivity contribution in [3.05, 3.63) is 69.2 Å². The molecule has 3 fully saturated rings. The largest absolute Gasteiger partial charge is 0.350 e. The molecule has 228 valence electrons. The molecule has 0 saturated carbocycles. The molecule has 0 spiro atoms. The SMILES string of the molecule is CCC(NC(C)=O)c1cc(C)c(Cl)cc1C1CC2CCC(C1)N2C(=O)[C@@H]1CN(C(C)(C)C)C[C@H]1c1ccc(F)cc1F. The monoisotopic (exact) mass is 599 g/mol. The zero-order chi connectivity index (χ0) is 30.5. The van der Waals surface area contributed by atoms with Crippen molar-refractivity contribution in [3.8, 4) is 0 Å². The number of nitrogens with one attached hydrogen (secondary N) is 1. The summed E-state index contributed by atoms with van der Waals surface area (Å²) >= 11 is 6.65. The third-order valence-corrected chi connectivity index (χ3v) is 10.3. The molecule has 5 atom stereocenters. The van der Waals surface area contributed by atoms with E-state index < -0.39 is 17.6 Å². The summed E-state index contributed by atoms with van der Waals surface area (Å²) in [7, 11) is 0. The van der Waals surface area contributed by atoms with Gasteiger partial charge in [0.2, 0.25) is 11.8 Å². The van der Waals surface area contributed by atoms with E-state index in [0.717, 1.165) is 54.3 Å². The number of nitrogens with zero attached hydrogens (tertiary/aromatic N) is 2. The average molecular weight is 600 g/mol. The molecule has 5 rings (SSSR count). The molecule has 42 heavy (non-hydrogen) atoms. The minimum absolute atomic E-state index is 0.0612. The molecule has 2 aromatic carbocycles. The first-order valence-corrected chi connectivity index (χ1v) is 15.8. The van der Waals surface area contributed by atoms with E-state index >= 15 is 4.39 Å². The normalized spacial score (nSPS) is 26.9. The molecule has 0 aromatic heterocycles. The second kappa shape index (κ2) is 11.9. The van der Waals surface area contributed by atoms with Crippen molar-refractivity contribution < 1.29 is 18.4 Å². The van der Waals surface area contributed by atoms with Gasteiger partial charge in [-0.25, -0.2) is 8.78 Å². The fourth-order valence-corrected chi connectivity index (χ4v) is 7.89. The number of rotatable bonds is 6. The summed E-state index contributed by atoms with van der Waals surface area (Å²) < 4.78 is 28.9. The highest BCUT2D eigenvalue weighted by Crippen LogP contribution is 2.48. The lowest BCUT2D eigenvalue weighted by atomic mass is 9.79. The summed E-state index contributed by atoms with van der Waals surface area (Å²) in [5.74, 6) is -1.66. The van der Waals surface area contributed by atoms with E-state index in [9.17, 15) is 14.0 Å². The van der Waals surface area contributed by atoms with Crippen LogP contribution in [0.15, 0.2) is 30.3 Å². The van der Waals surface area contributed by atoms with E-state index in [-0.39, 0.29) is 47.3 Å². The van der Waals surface area contributed by atoms with E-state index in [0.29, 0.717) is 18.7 Å². The van der Waals surface area contributed by atoms with Gasteiger partial charge in [0.15, 0.2) is 0 Å². The van der Waals surface area contributed by atoms with Crippen LogP contribution < -0.4 is 5.32 Å². The Kier molecular flexibility index (Phi) is 8.75. The van der Waals surface area contributed by atoms with Gasteiger partial charge >= 0.3 is 0 Å². The number of carbonyl (C=O) groups is 2. The Bertz CT molecular complexity index is 1350. The van der Waals surface area contributed by atoms with Crippen LogP contribution in [-0.2, 0) is 9.59 Å². The third kappa shape index (κ3) is 5.96. The van der Waals surface area contributed by atoms with Gasteiger partial charge in [0.05, 0.1) is 12.0 Å². The first-order chi connectivity index (χ1) is 19.8. The zero-order valence-electron chi connectivity index (χ0n) is 25.6. The highest BCUT2D eigenvalue weighted by molar-refractivity contribution is 6.31. The van der Waals surface area contributed by atoms with Gasteiger partial charge in [-0.05, 0) is 100 Å². The van der Waals surface area contributed by atoms with Crippen LogP contribution >= 0.6 is 11.6 Å². The quantitative estimate of drug-likeness (QED) is 0.380. The van der Waals surface area contributed by atoms with Gasteiger partial charge < -0.3 is 10.2 Å². The number of aryl methyl sites for hydroxylation is 1. The molecule has 8 heteroatoms. The lowest BCUT2D eigenvalue weighted by molar-refractivity contribution is -0.140. The molecule has 5 nitrogen and oxygen atoms in total. The van der Waals surface area contributed by atoms with Crippen molar-refractivity contribution in [2.24, 2.45) is 5.92 Å². The second-order valence-electron chi connectivity index (χ2n) is 13.6. The summed E-state index contributed by atoms with van der Waals surface area (Å²) in [4.78, 5) is 30.8. The molecule has 0 radical (unpaired) electrons. The number of benzene rings is 2. The van der Waals surface area contributed by atoms with Crippen LogP contribution in [0.2, 0.25) is 5.02 Å². The molecule has 3 unspecified atom stereocenters. The Labute approximate surface area is 254 Å². The minimum Gasteiger partial charge on any atom is -0.350 e. The molecule has 3 heterocycles. The molecule has 0 aliphatic carbocycles. The molecule has 3 aliphatic heterocycles. The minimum atomic E-state index is -0.607. The van der Waals surface area contributed by atoms with Crippen molar-refractivity contribution >= 4 is 23.4 Å². The van der Waals surface area contributed by atoms with E-state index in [1.54, 1.807) is 6.92 Å². The fourth-order valence-electron chi connectivity index (χ4n) is 7.72. The standard InChI is InChI=1S/C34H44ClF2N3O2/c1-7-32(38-20(3)41)27-12-19(2)30(35)16-26(27)21-13-23-9-10-24(14-21)40(23)33(42)29-18-39(34(4,5)6)17-28(29)25-11-8-22(36)15-31(25)37/h8,11-12,15-16,21,23-24,28-29,32H,7,9-10,13-14,17-18H2,1-6H3,(H,38,41)/t21?,23?,24?,28-,29+,32?/m0/s1. The highest BCUT2D eigenvalue weighted by atomic mass is 35.5. The fraction of sp³-hybridized carbons (Fsp3) is 0.588. The van der Waals surface area contributed by atoms with Gasteiger partial charge in [-0.3, -0.25) is 14.5 Å². The first-order valence-electron chi connectivity index (χ1n) is 15.4. The summed E-state index contributed by atoms with van der Waals surface area (Å²) in [6.45, 7) is 13.1. The number of hydrogen-bond acceptors (Lipinski definition) is 3. The maximum Gasteiger partial charge on any atom is 0.228 e. The number of carbonyl (C=O) groups excluding carboxylic acids is 2. The maximum atomic E-state index is 15.1. The molecule has 2 amide bonds. The molecule has 1 N–H and O–H groups in total. The van der Waals surface area contributed by atoms with Crippen molar-refractivity contribution in [2.45, 2.75) is 109 Å². The molecule has 2 aromatic rings. The second-order valence-corrected chi connectivity index (χ2v) is 14.1. The van der Waals surface area contributed by atoms with E-state index in [4.69, 9.17) is 11.6 Å². The number of hydrogen-bond donors (Lipinski definition) is 1. The average Bonchev–Trinajstić information content (AvgIpc) is 3.47. The summed E-state index contributed by atoms with van der Waals surface area (Å²) in [5.41, 5.74) is 3.51. The van der Waals surface area contributed by atoms with E-state index in [1.807, 2.05) is 6.92 Å². The van der Waals surface area contributed by atoms with Crippen LogP contribution in [0, 0.1) is 24.5 Å². The third-order valence-electron chi connectivity index (χ3n) is 9.90. The first kappa shape index (κ1) is 30.9. The number of piperidine rings is 1. The Balaban J connectivity index is 1.43. The van der Waals surface area contributed by atoms with Crippen molar-refractivity contribution in [1.29, 1.82) is 0 Å². The van der Waals surface area contributed by atoms with Crippen LogP contribution in [0.5, 0.6) is 0 Å². The molecule has 2 bridgehead atoms. The molecule has 3 aliphatic rings. The Morgan fingerprint density at radius 2 is 1.71 bits per heavy atom. The lowest BCUT2D eigenvalue weighted by Gasteiger charge is -2.42. The summed E-state index contributed by atoms with van der Waals surface area (Å²) in [6, 6.07) is 8.02. The number of likely N-dealkylation sites (tertiary alicyclic amines) is 1.